The topological polar surface area (TPSA) is 61.8 Å². The van der Waals surface area contributed by atoms with Gasteiger partial charge in [0, 0.05) is 51.6 Å². The van der Waals surface area contributed by atoms with Gasteiger partial charge in [0.25, 0.3) is 0 Å². The Kier molecular flexibility index (Phi) is 10.5. The molecule has 1 aromatic heterocycles. The summed E-state index contributed by atoms with van der Waals surface area (Å²) in [5, 5.41) is 7.82. The van der Waals surface area contributed by atoms with Crippen LogP contribution in [0.4, 0.5) is 13.2 Å². The standard InChI is InChI=1S/C20H26F3N5OS.HI/c1-24-19(25-7-6-18-27-17(14-30-18)20(21,22)23)26-12-15-2-4-16(5-3-15)13-28-8-10-29-11-9-28;/h2-5,14H,6-13H2,1H3,(H2,24,25,26);1H. The number of morpholine rings is 1. The highest BCUT2D eigenvalue weighted by atomic mass is 127. The summed E-state index contributed by atoms with van der Waals surface area (Å²) in [7, 11) is 1.66. The van der Waals surface area contributed by atoms with Gasteiger partial charge in [-0.2, -0.15) is 13.2 Å². The molecule has 1 aromatic carbocycles. The molecular weight excluding hydrogens is 542 g/mol. The number of hydrogen-bond donors (Lipinski definition) is 2. The van der Waals surface area contributed by atoms with Crippen molar-refractivity contribution < 1.29 is 17.9 Å². The molecule has 0 aliphatic carbocycles. The largest absolute Gasteiger partial charge is 0.434 e. The van der Waals surface area contributed by atoms with E-state index >= 15 is 0 Å². The van der Waals surface area contributed by atoms with Crippen LogP contribution in [0.5, 0.6) is 0 Å². The van der Waals surface area contributed by atoms with E-state index in [0.29, 0.717) is 30.5 Å². The molecule has 172 valence electrons. The quantitative estimate of drug-likeness (QED) is 0.304. The molecule has 0 unspecified atom stereocenters. The lowest BCUT2D eigenvalue weighted by Crippen LogP contribution is -2.37. The number of rotatable bonds is 7. The summed E-state index contributed by atoms with van der Waals surface area (Å²) in [4.78, 5) is 10.2. The van der Waals surface area contributed by atoms with Crippen molar-refractivity contribution in [2.24, 2.45) is 4.99 Å². The molecule has 6 nitrogen and oxygen atoms in total. The van der Waals surface area contributed by atoms with Crippen LogP contribution in [-0.2, 0) is 30.4 Å². The number of halogens is 4. The molecule has 31 heavy (non-hydrogen) atoms. The molecule has 0 spiro atoms. The fourth-order valence-electron chi connectivity index (χ4n) is 3.03. The maximum atomic E-state index is 12.6. The molecule has 11 heteroatoms. The van der Waals surface area contributed by atoms with Gasteiger partial charge in [0.1, 0.15) is 0 Å². The van der Waals surface area contributed by atoms with Crippen LogP contribution in [0.25, 0.3) is 0 Å². The summed E-state index contributed by atoms with van der Waals surface area (Å²) >= 11 is 1.02. The fourth-order valence-corrected chi connectivity index (χ4v) is 3.84. The minimum Gasteiger partial charge on any atom is -0.379 e. The predicted octanol–water partition coefficient (Wildman–Crippen LogP) is 3.52. The van der Waals surface area contributed by atoms with Crippen LogP contribution in [0.1, 0.15) is 21.8 Å². The van der Waals surface area contributed by atoms with Gasteiger partial charge in [0.05, 0.1) is 18.2 Å². The van der Waals surface area contributed by atoms with Crippen molar-refractivity contribution in [3.8, 4) is 0 Å². The summed E-state index contributed by atoms with van der Waals surface area (Å²) in [6.45, 7) is 5.48. The minimum absolute atomic E-state index is 0. The van der Waals surface area contributed by atoms with E-state index in [1.54, 1.807) is 7.05 Å². The first-order valence-corrected chi connectivity index (χ1v) is 10.7. The summed E-state index contributed by atoms with van der Waals surface area (Å²) < 4.78 is 43.2. The molecule has 1 fully saturated rings. The molecule has 1 aliphatic rings. The van der Waals surface area contributed by atoms with Gasteiger partial charge in [-0.05, 0) is 11.1 Å². The second-order valence-electron chi connectivity index (χ2n) is 6.93. The van der Waals surface area contributed by atoms with Gasteiger partial charge >= 0.3 is 6.18 Å². The molecule has 0 saturated carbocycles. The molecule has 0 radical (unpaired) electrons. The van der Waals surface area contributed by atoms with Crippen molar-refractivity contribution in [2.75, 3.05) is 39.9 Å². The highest BCUT2D eigenvalue weighted by molar-refractivity contribution is 14.0. The molecule has 1 aliphatic heterocycles. The van der Waals surface area contributed by atoms with Crippen molar-refractivity contribution in [3.05, 3.63) is 51.5 Å². The Balaban J connectivity index is 0.00000341. The summed E-state index contributed by atoms with van der Waals surface area (Å²) in [6.07, 6.45) is -3.99. The van der Waals surface area contributed by atoms with Gasteiger partial charge in [-0.1, -0.05) is 24.3 Å². The number of ether oxygens (including phenoxy) is 1. The molecule has 0 bridgehead atoms. The van der Waals surface area contributed by atoms with E-state index < -0.39 is 11.9 Å². The van der Waals surface area contributed by atoms with Crippen LogP contribution >= 0.6 is 35.3 Å². The first kappa shape index (κ1) is 25.8. The first-order chi connectivity index (χ1) is 14.4. The zero-order chi connectivity index (χ0) is 21.4. The van der Waals surface area contributed by atoms with E-state index in [1.807, 2.05) is 0 Å². The van der Waals surface area contributed by atoms with Crippen LogP contribution in [0.3, 0.4) is 0 Å². The summed E-state index contributed by atoms with van der Waals surface area (Å²) in [5.74, 6) is 0.597. The molecule has 0 amide bonds. The van der Waals surface area contributed by atoms with Crippen molar-refractivity contribution >= 4 is 41.3 Å². The third-order valence-electron chi connectivity index (χ3n) is 4.69. The Morgan fingerprint density at radius 1 is 1.16 bits per heavy atom. The molecule has 2 N–H and O–H groups in total. The SMILES string of the molecule is CN=C(NCCc1nc(C(F)(F)F)cs1)NCc1ccc(CN2CCOCC2)cc1.I. The third-order valence-corrected chi connectivity index (χ3v) is 5.60. The van der Waals surface area contributed by atoms with Gasteiger partial charge in [-0.15, -0.1) is 35.3 Å². The first-order valence-electron chi connectivity index (χ1n) is 9.78. The number of hydrogen-bond acceptors (Lipinski definition) is 5. The maximum Gasteiger partial charge on any atom is 0.434 e. The second kappa shape index (κ2) is 12.6. The smallest absolute Gasteiger partial charge is 0.379 e. The zero-order valence-corrected chi connectivity index (χ0v) is 20.4. The van der Waals surface area contributed by atoms with Crippen molar-refractivity contribution in [2.45, 2.75) is 25.7 Å². The van der Waals surface area contributed by atoms with E-state index in [0.717, 1.165) is 55.1 Å². The third kappa shape index (κ3) is 8.54. The van der Waals surface area contributed by atoms with Crippen molar-refractivity contribution in [1.82, 2.24) is 20.5 Å². The van der Waals surface area contributed by atoms with Crippen LogP contribution in [0.2, 0.25) is 0 Å². The number of nitrogens with one attached hydrogen (secondary N) is 2. The average molecular weight is 569 g/mol. The summed E-state index contributed by atoms with van der Waals surface area (Å²) in [5.41, 5.74) is 1.56. The summed E-state index contributed by atoms with van der Waals surface area (Å²) in [6, 6.07) is 8.43. The minimum atomic E-state index is -4.39. The Morgan fingerprint density at radius 3 is 2.45 bits per heavy atom. The van der Waals surface area contributed by atoms with E-state index in [2.05, 4.69) is 49.8 Å². The van der Waals surface area contributed by atoms with Gasteiger partial charge in [0.2, 0.25) is 0 Å². The number of aromatic nitrogens is 1. The number of benzene rings is 1. The lowest BCUT2D eigenvalue weighted by atomic mass is 10.1. The fraction of sp³-hybridized carbons (Fsp3) is 0.500. The molecular formula is C20H27F3IN5OS. The Hall–Kier alpha value is -1.44. The van der Waals surface area contributed by atoms with E-state index in [1.165, 1.54) is 5.56 Å². The Bertz CT molecular complexity index is 823. The van der Waals surface area contributed by atoms with Crippen LogP contribution < -0.4 is 10.6 Å². The van der Waals surface area contributed by atoms with Gasteiger partial charge in [0.15, 0.2) is 11.7 Å². The van der Waals surface area contributed by atoms with Crippen LogP contribution in [0.15, 0.2) is 34.6 Å². The van der Waals surface area contributed by atoms with E-state index in [-0.39, 0.29) is 24.0 Å². The van der Waals surface area contributed by atoms with Gasteiger partial charge in [-0.25, -0.2) is 4.98 Å². The molecule has 2 heterocycles. The Labute approximate surface area is 201 Å². The molecule has 3 rings (SSSR count). The molecule has 0 atom stereocenters. The van der Waals surface area contributed by atoms with Crippen LogP contribution in [0, 0.1) is 0 Å². The highest BCUT2D eigenvalue weighted by Crippen LogP contribution is 2.30. The second-order valence-corrected chi connectivity index (χ2v) is 7.87. The van der Waals surface area contributed by atoms with Gasteiger partial charge in [-0.3, -0.25) is 9.89 Å². The van der Waals surface area contributed by atoms with E-state index in [4.69, 9.17) is 4.74 Å². The normalized spacial score (nSPS) is 15.4. The predicted molar refractivity (Wildman–Crippen MR) is 127 cm³/mol. The molecule has 2 aromatic rings. The number of aliphatic imine (C=N–C) groups is 1. The number of nitrogens with zero attached hydrogens (tertiary/aromatic N) is 3. The number of alkyl halides is 3. The number of guanidine groups is 1. The number of thiazole rings is 1. The zero-order valence-electron chi connectivity index (χ0n) is 17.2. The highest BCUT2D eigenvalue weighted by Gasteiger charge is 2.33. The lowest BCUT2D eigenvalue weighted by Gasteiger charge is -2.26. The maximum absolute atomic E-state index is 12.6. The van der Waals surface area contributed by atoms with Gasteiger partial charge < -0.3 is 15.4 Å². The average Bonchev–Trinajstić information content (AvgIpc) is 3.22. The Morgan fingerprint density at radius 2 is 1.84 bits per heavy atom. The monoisotopic (exact) mass is 569 g/mol. The van der Waals surface area contributed by atoms with E-state index in [9.17, 15) is 13.2 Å². The van der Waals surface area contributed by atoms with Crippen molar-refractivity contribution in [3.63, 3.8) is 0 Å². The van der Waals surface area contributed by atoms with Crippen molar-refractivity contribution in [1.29, 1.82) is 0 Å². The van der Waals surface area contributed by atoms with Crippen LogP contribution in [-0.4, -0.2) is 55.7 Å². The lowest BCUT2D eigenvalue weighted by molar-refractivity contribution is -0.140. The molecule has 1 saturated heterocycles.